The van der Waals surface area contributed by atoms with E-state index in [1.807, 2.05) is 20.8 Å². The summed E-state index contributed by atoms with van der Waals surface area (Å²) in [7, 11) is 0. The zero-order valence-corrected chi connectivity index (χ0v) is 13.5. The fraction of sp³-hybridized carbons (Fsp3) is 0.462. The topological polar surface area (TPSA) is 29.5 Å². The van der Waals surface area contributed by atoms with Crippen LogP contribution in [0.3, 0.4) is 0 Å². The molecule has 0 aliphatic rings. The van der Waals surface area contributed by atoms with E-state index >= 15 is 0 Å². The molecule has 91 valence electrons. The molecule has 0 saturated heterocycles. The van der Waals surface area contributed by atoms with Gasteiger partial charge >= 0.3 is 0 Å². The predicted molar refractivity (Wildman–Crippen MR) is 66.3 cm³/mol. The number of aliphatic hydroxyl groups excluding tert-OH is 1. The Morgan fingerprint density at radius 3 is 2.25 bits per heavy atom. The van der Waals surface area contributed by atoms with E-state index in [0.717, 1.165) is 0 Å². The summed E-state index contributed by atoms with van der Waals surface area (Å²) >= 11 is 0. The van der Waals surface area contributed by atoms with Crippen molar-refractivity contribution in [3.63, 3.8) is 0 Å². The average Bonchev–Trinajstić information content (AvgIpc) is 2.26. The van der Waals surface area contributed by atoms with E-state index in [0.29, 0.717) is 5.76 Å². The van der Waals surface area contributed by atoms with E-state index in [2.05, 4.69) is 20.1 Å². The first-order chi connectivity index (χ1) is 7.11. The van der Waals surface area contributed by atoms with Gasteiger partial charge in [-0.2, -0.15) is 0 Å². The Morgan fingerprint density at radius 2 is 1.94 bits per heavy atom. The molecule has 0 spiro atoms. The minimum atomic E-state index is -0.548. The minimum Gasteiger partial charge on any atom is -0.491 e. The molecule has 1 N–H and O–H groups in total. The summed E-state index contributed by atoms with van der Waals surface area (Å²) in [4.78, 5) is 0. The van der Waals surface area contributed by atoms with Crippen molar-refractivity contribution in [2.45, 2.75) is 26.9 Å². The third-order valence-corrected chi connectivity index (χ3v) is 1.56. The molecular weight excluding hydrogens is 277 g/mol. The predicted octanol–water partition coefficient (Wildman–Crippen LogP) is 3.11. The van der Waals surface area contributed by atoms with Crippen LogP contribution in [0.1, 0.15) is 20.8 Å². The monoisotopic (exact) mass is 300 g/mol. The normalized spacial score (nSPS) is 13.4. The Labute approximate surface area is 125 Å². The van der Waals surface area contributed by atoms with Crippen molar-refractivity contribution in [1.29, 1.82) is 0 Å². The van der Waals surface area contributed by atoms with Crippen LogP contribution < -0.4 is 0 Å². The van der Waals surface area contributed by atoms with Crippen LogP contribution >= 0.6 is 0 Å². The van der Waals surface area contributed by atoms with Gasteiger partial charge in [0.05, 0.1) is 6.10 Å². The van der Waals surface area contributed by atoms with E-state index in [1.165, 1.54) is 0 Å². The van der Waals surface area contributed by atoms with Gasteiger partial charge in [-0.1, -0.05) is 40.0 Å². The molecule has 0 aromatic heterocycles. The van der Waals surface area contributed by atoms with Crippen molar-refractivity contribution in [1.82, 2.24) is 0 Å². The van der Waals surface area contributed by atoms with Crippen molar-refractivity contribution in [2.24, 2.45) is 5.92 Å². The second kappa shape index (κ2) is 15.1. The molecule has 0 aliphatic carbocycles. The van der Waals surface area contributed by atoms with Crippen molar-refractivity contribution >= 4 is 0 Å². The Kier molecular flexibility index (Phi) is 20.2. The van der Waals surface area contributed by atoms with Crippen LogP contribution in [-0.4, -0.2) is 17.8 Å². The molecule has 0 saturated carbocycles. The molecule has 2 nitrogen and oxygen atoms in total. The maximum atomic E-state index is 9.36. The Balaban J connectivity index is -0.000000529. The van der Waals surface area contributed by atoms with Crippen LogP contribution in [0.4, 0.5) is 0 Å². The fourth-order valence-corrected chi connectivity index (χ4v) is 0.637. The van der Waals surface area contributed by atoms with E-state index in [1.54, 1.807) is 18.2 Å². The van der Waals surface area contributed by atoms with Gasteiger partial charge in [0.2, 0.25) is 0 Å². The number of rotatable bonds is 6. The molecule has 1 radical (unpaired) electrons. The van der Waals surface area contributed by atoms with Gasteiger partial charge in [-0.25, -0.2) is 0 Å². The van der Waals surface area contributed by atoms with Crippen molar-refractivity contribution in [3.05, 3.63) is 44.1 Å². The Morgan fingerprint density at radius 1 is 1.44 bits per heavy atom. The SMILES string of the molecule is C=C/C=C(\C=C)OCC(O)C([CH2-])C.CC.[Y]. The van der Waals surface area contributed by atoms with Gasteiger partial charge in [-0.05, 0) is 12.2 Å². The number of ether oxygens (including phenoxy) is 1. The first kappa shape index (κ1) is 21.4. The molecule has 3 heteroatoms. The molecule has 0 bridgehead atoms. The zero-order chi connectivity index (χ0) is 12.3. The third kappa shape index (κ3) is 12.2. The molecule has 0 rings (SSSR count). The molecule has 0 aromatic carbocycles. The number of hydrogen-bond donors (Lipinski definition) is 1. The summed E-state index contributed by atoms with van der Waals surface area (Å²) in [5, 5.41) is 9.36. The smallest absolute Gasteiger partial charge is 0.118 e. The fourth-order valence-electron chi connectivity index (χ4n) is 0.637. The molecule has 2 atom stereocenters. The third-order valence-electron chi connectivity index (χ3n) is 1.56. The number of allylic oxidation sites excluding steroid dienone is 3. The van der Waals surface area contributed by atoms with Gasteiger partial charge in [0, 0.05) is 32.7 Å². The van der Waals surface area contributed by atoms with Gasteiger partial charge in [0.1, 0.15) is 12.4 Å². The van der Waals surface area contributed by atoms with E-state index in [-0.39, 0.29) is 45.2 Å². The molecule has 0 aromatic rings. The van der Waals surface area contributed by atoms with E-state index in [4.69, 9.17) is 4.74 Å². The minimum absolute atomic E-state index is 0. The second-order valence-electron chi connectivity index (χ2n) is 2.86. The van der Waals surface area contributed by atoms with Crippen molar-refractivity contribution < 1.29 is 42.6 Å². The molecule has 0 amide bonds. The molecule has 0 aliphatic heterocycles. The van der Waals surface area contributed by atoms with E-state index in [9.17, 15) is 5.11 Å². The van der Waals surface area contributed by atoms with Crippen molar-refractivity contribution in [2.75, 3.05) is 6.61 Å². The second-order valence-corrected chi connectivity index (χ2v) is 2.86. The Hall–Kier alpha value is 0.0839. The number of hydrogen-bond acceptors (Lipinski definition) is 2. The Bertz CT molecular complexity index is 198. The van der Waals surface area contributed by atoms with Crippen molar-refractivity contribution in [3.8, 4) is 0 Å². The van der Waals surface area contributed by atoms with Gasteiger partial charge in [-0.15, -0.1) is 5.92 Å². The van der Waals surface area contributed by atoms with Gasteiger partial charge in [0.25, 0.3) is 0 Å². The van der Waals surface area contributed by atoms with Crippen LogP contribution in [0.2, 0.25) is 0 Å². The standard InChI is InChI=1S/C11H17O2.C2H6.Y/c1-5-7-10(6-2)13-8-11(12)9(3)4;1-2;/h5-7,9,11-12H,1-3,8H2,4H3;1-2H3;/q-1;;/b10-7+;;. The largest absolute Gasteiger partial charge is 0.491 e. The summed E-state index contributed by atoms with van der Waals surface area (Å²) in [5.41, 5.74) is 0. The van der Waals surface area contributed by atoms with Gasteiger partial charge in [0.15, 0.2) is 0 Å². The quantitative estimate of drug-likeness (QED) is 0.464. The summed E-state index contributed by atoms with van der Waals surface area (Å²) < 4.78 is 5.24. The van der Waals surface area contributed by atoms with Crippen LogP contribution in [0.5, 0.6) is 0 Å². The van der Waals surface area contributed by atoms with E-state index < -0.39 is 6.10 Å². The molecule has 0 heterocycles. The van der Waals surface area contributed by atoms with Crippen LogP contribution in [0.15, 0.2) is 37.1 Å². The molecule has 2 unspecified atom stereocenters. The molecular formula is C13H23O2Y-. The molecule has 0 fully saturated rings. The maximum Gasteiger partial charge on any atom is 0.118 e. The van der Waals surface area contributed by atoms with Gasteiger partial charge < -0.3 is 16.8 Å². The summed E-state index contributed by atoms with van der Waals surface area (Å²) in [6.07, 6.45) is 4.32. The summed E-state index contributed by atoms with van der Waals surface area (Å²) in [6, 6.07) is 0. The van der Waals surface area contributed by atoms with Crippen LogP contribution in [0, 0.1) is 12.8 Å². The first-order valence-corrected chi connectivity index (χ1v) is 5.21. The summed E-state index contributed by atoms with van der Waals surface area (Å²) in [6.45, 7) is 16.9. The van der Waals surface area contributed by atoms with Crippen LogP contribution in [-0.2, 0) is 37.4 Å². The van der Waals surface area contributed by atoms with Gasteiger partial charge in [-0.3, -0.25) is 0 Å². The number of aliphatic hydroxyl groups is 1. The molecule has 16 heavy (non-hydrogen) atoms. The van der Waals surface area contributed by atoms with Crippen LogP contribution in [0.25, 0.3) is 0 Å². The average molecular weight is 300 g/mol. The first-order valence-electron chi connectivity index (χ1n) is 5.21. The maximum absolute atomic E-state index is 9.36. The zero-order valence-electron chi connectivity index (χ0n) is 10.6. The summed E-state index contributed by atoms with van der Waals surface area (Å²) in [5.74, 6) is 0.560.